The minimum Gasteiger partial charge on any atom is -0.399 e. The molecular formula is C9H12N2. The van der Waals surface area contributed by atoms with Crippen molar-refractivity contribution in [3.8, 4) is 0 Å². The lowest BCUT2D eigenvalue weighted by molar-refractivity contribution is 1.14. The number of hydrogen-bond acceptors (Lipinski definition) is 2. The highest BCUT2D eigenvalue weighted by molar-refractivity contribution is 5.57. The maximum absolute atomic E-state index is 5.60. The number of aliphatic imine (C=N–C) groups is 1. The molecule has 1 rings (SSSR count). The van der Waals surface area contributed by atoms with E-state index in [2.05, 4.69) is 18.6 Å². The maximum atomic E-state index is 5.60. The van der Waals surface area contributed by atoms with Gasteiger partial charge in [0.25, 0.3) is 0 Å². The van der Waals surface area contributed by atoms with E-state index in [1.807, 2.05) is 18.2 Å². The van der Waals surface area contributed by atoms with Gasteiger partial charge in [-0.25, -0.2) is 0 Å². The van der Waals surface area contributed by atoms with Crippen molar-refractivity contribution in [2.45, 2.75) is 13.3 Å². The SMILES string of the molecule is C=Nc1ccc(N)cc1CC. The summed E-state index contributed by atoms with van der Waals surface area (Å²) in [6, 6.07) is 5.66. The highest BCUT2D eigenvalue weighted by Crippen LogP contribution is 2.21. The quantitative estimate of drug-likeness (QED) is 0.506. The minimum atomic E-state index is 0.786. The van der Waals surface area contributed by atoms with E-state index in [1.54, 1.807) is 0 Å². The third-order valence-corrected chi connectivity index (χ3v) is 1.65. The Labute approximate surface area is 66.8 Å². The molecule has 58 valence electrons. The molecule has 0 saturated heterocycles. The molecular weight excluding hydrogens is 136 g/mol. The molecule has 0 bridgehead atoms. The summed E-state index contributed by atoms with van der Waals surface area (Å²) in [6.07, 6.45) is 0.944. The second-order valence-electron chi connectivity index (χ2n) is 2.40. The lowest BCUT2D eigenvalue weighted by Gasteiger charge is -2.02. The molecule has 0 aliphatic heterocycles. The van der Waals surface area contributed by atoms with Crippen LogP contribution in [0.5, 0.6) is 0 Å². The van der Waals surface area contributed by atoms with E-state index in [-0.39, 0.29) is 0 Å². The molecule has 0 atom stereocenters. The van der Waals surface area contributed by atoms with Gasteiger partial charge in [-0.05, 0) is 36.9 Å². The lowest BCUT2D eigenvalue weighted by atomic mass is 10.1. The van der Waals surface area contributed by atoms with Crippen LogP contribution in [0.25, 0.3) is 0 Å². The topological polar surface area (TPSA) is 38.4 Å². The smallest absolute Gasteiger partial charge is 0.0655 e. The van der Waals surface area contributed by atoms with Crippen molar-refractivity contribution in [2.75, 3.05) is 5.73 Å². The Bertz CT molecular complexity index is 266. The first-order valence-corrected chi connectivity index (χ1v) is 3.63. The summed E-state index contributed by atoms with van der Waals surface area (Å²) in [7, 11) is 0. The largest absolute Gasteiger partial charge is 0.399 e. The van der Waals surface area contributed by atoms with Crippen LogP contribution in [-0.4, -0.2) is 6.72 Å². The van der Waals surface area contributed by atoms with Crippen molar-refractivity contribution in [2.24, 2.45) is 4.99 Å². The molecule has 0 aliphatic carbocycles. The van der Waals surface area contributed by atoms with Crippen molar-refractivity contribution < 1.29 is 0 Å². The van der Waals surface area contributed by atoms with Crippen LogP contribution in [0.4, 0.5) is 11.4 Å². The number of hydrogen-bond donors (Lipinski definition) is 1. The molecule has 0 radical (unpaired) electrons. The number of rotatable bonds is 2. The molecule has 2 nitrogen and oxygen atoms in total. The average Bonchev–Trinajstić information content (AvgIpc) is 2.04. The van der Waals surface area contributed by atoms with E-state index in [0.29, 0.717) is 0 Å². The van der Waals surface area contributed by atoms with Gasteiger partial charge in [0.15, 0.2) is 0 Å². The Balaban J connectivity index is 3.16. The highest BCUT2D eigenvalue weighted by atomic mass is 14.7. The zero-order chi connectivity index (χ0) is 8.27. The fourth-order valence-corrected chi connectivity index (χ4v) is 1.04. The van der Waals surface area contributed by atoms with Crippen molar-refractivity contribution in [3.63, 3.8) is 0 Å². The first-order valence-electron chi connectivity index (χ1n) is 3.63. The van der Waals surface area contributed by atoms with Crippen LogP contribution in [0.15, 0.2) is 23.2 Å². The molecule has 2 N–H and O–H groups in total. The number of nitrogen functional groups attached to an aromatic ring is 1. The van der Waals surface area contributed by atoms with E-state index in [9.17, 15) is 0 Å². The normalized spacial score (nSPS) is 9.55. The van der Waals surface area contributed by atoms with Gasteiger partial charge in [-0.1, -0.05) is 6.92 Å². The third kappa shape index (κ3) is 1.58. The van der Waals surface area contributed by atoms with Crippen molar-refractivity contribution in [1.29, 1.82) is 0 Å². The number of nitrogens with two attached hydrogens (primary N) is 1. The molecule has 1 aromatic carbocycles. The fraction of sp³-hybridized carbons (Fsp3) is 0.222. The van der Waals surface area contributed by atoms with Gasteiger partial charge in [0.2, 0.25) is 0 Å². The monoisotopic (exact) mass is 148 g/mol. The predicted octanol–water partition coefficient (Wildman–Crippen LogP) is 2.16. The van der Waals surface area contributed by atoms with Gasteiger partial charge in [0, 0.05) is 5.69 Å². The van der Waals surface area contributed by atoms with Crippen molar-refractivity contribution >= 4 is 18.1 Å². The van der Waals surface area contributed by atoms with Gasteiger partial charge < -0.3 is 5.73 Å². The Kier molecular flexibility index (Phi) is 2.26. The summed E-state index contributed by atoms with van der Waals surface area (Å²) >= 11 is 0. The standard InChI is InChI=1S/C9H12N2/c1-3-7-6-8(10)4-5-9(7)11-2/h4-6H,2-3,10H2,1H3. The average molecular weight is 148 g/mol. The van der Waals surface area contributed by atoms with Gasteiger partial charge in [-0.3, -0.25) is 4.99 Å². The summed E-state index contributed by atoms with van der Waals surface area (Å²) in [4.78, 5) is 3.88. The van der Waals surface area contributed by atoms with Crippen LogP contribution in [0.2, 0.25) is 0 Å². The second-order valence-corrected chi connectivity index (χ2v) is 2.40. The number of anilines is 1. The van der Waals surface area contributed by atoms with E-state index in [4.69, 9.17) is 5.73 Å². The summed E-state index contributed by atoms with van der Waals surface area (Å²) in [6.45, 7) is 5.55. The van der Waals surface area contributed by atoms with Crippen LogP contribution < -0.4 is 5.73 Å². The van der Waals surface area contributed by atoms with Crippen LogP contribution in [0, 0.1) is 0 Å². The number of aryl methyl sites for hydroxylation is 1. The van der Waals surface area contributed by atoms with E-state index >= 15 is 0 Å². The lowest BCUT2D eigenvalue weighted by Crippen LogP contribution is -1.87. The first kappa shape index (κ1) is 7.79. The van der Waals surface area contributed by atoms with Crippen LogP contribution in [0.3, 0.4) is 0 Å². The van der Waals surface area contributed by atoms with E-state index in [1.165, 1.54) is 0 Å². The number of nitrogens with zero attached hydrogens (tertiary/aromatic N) is 1. The maximum Gasteiger partial charge on any atom is 0.0655 e. The molecule has 0 amide bonds. The molecule has 0 heterocycles. The summed E-state index contributed by atoms with van der Waals surface area (Å²) in [5.41, 5.74) is 8.47. The van der Waals surface area contributed by atoms with Crippen molar-refractivity contribution in [1.82, 2.24) is 0 Å². The van der Waals surface area contributed by atoms with Crippen LogP contribution in [0.1, 0.15) is 12.5 Å². The molecule has 11 heavy (non-hydrogen) atoms. The molecule has 0 saturated carbocycles. The van der Waals surface area contributed by atoms with Crippen LogP contribution >= 0.6 is 0 Å². The second kappa shape index (κ2) is 3.19. The molecule has 0 aliphatic rings. The molecule has 0 aromatic heterocycles. The van der Waals surface area contributed by atoms with Gasteiger partial charge in [-0.2, -0.15) is 0 Å². The third-order valence-electron chi connectivity index (χ3n) is 1.65. The predicted molar refractivity (Wildman–Crippen MR) is 49.4 cm³/mol. The summed E-state index contributed by atoms with van der Waals surface area (Å²) in [5, 5.41) is 0. The highest BCUT2D eigenvalue weighted by Gasteiger charge is 1.97. The molecule has 2 heteroatoms. The van der Waals surface area contributed by atoms with E-state index in [0.717, 1.165) is 23.4 Å². The zero-order valence-corrected chi connectivity index (χ0v) is 6.67. The molecule has 1 aromatic rings. The molecule has 0 unspecified atom stereocenters. The van der Waals surface area contributed by atoms with Crippen molar-refractivity contribution in [3.05, 3.63) is 23.8 Å². The Morgan fingerprint density at radius 3 is 2.82 bits per heavy atom. The molecule has 0 fully saturated rings. The zero-order valence-electron chi connectivity index (χ0n) is 6.67. The Hall–Kier alpha value is -1.31. The Morgan fingerprint density at radius 1 is 1.55 bits per heavy atom. The number of benzene rings is 1. The summed E-state index contributed by atoms with van der Waals surface area (Å²) in [5.74, 6) is 0. The Morgan fingerprint density at radius 2 is 2.27 bits per heavy atom. The van der Waals surface area contributed by atoms with Gasteiger partial charge >= 0.3 is 0 Å². The minimum absolute atomic E-state index is 0.786. The summed E-state index contributed by atoms with van der Waals surface area (Å²) < 4.78 is 0. The van der Waals surface area contributed by atoms with E-state index < -0.39 is 0 Å². The molecule has 0 spiro atoms. The fourth-order valence-electron chi connectivity index (χ4n) is 1.04. The van der Waals surface area contributed by atoms with Crippen LogP contribution in [-0.2, 0) is 6.42 Å². The van der Waals surface area contributed by atoms with Gasteiger partial charge in [0.05, 0.1) is 5.69 Å². The van der Waals surface area contributed by atoms with Gasteiger partial charge in [-0.15, -0.1) is 0 Å². The first-order chi connectivity index (χ1) is 5.27. The van der Waals surface area contributed by atoms with Gasteiger partial charge in [0.1, 0.15) is 0 Å².